The van der Waals surface area contributed by atoms with Crippen LogP contribution < -0.4 is 5.32 Å². The highest BCUT2D eigenvalue weighted by molar-refractivity contribution is 5.14. The second-order valence-electron chi connectivity index (χ2n) is 5.08. The molecule has 0 spiro atoms. The average Bonchev–Trinajstić information content (AvgIpc) is 2.40. The van der Waals surface area contributed by atoms with Crippen molar-refractivity contribution in [1.82, 2.24) is 10.2 Å². The Morgan fingerprint density at radius 3 is 2.53 bits per heavy atom. The molecule has 1 aromatic carbocycles. The van der Waals surface area contributed by atoms with E-state index < -0.39 is 0 Å². The molecule has 1 aliphatic heterocycles. The summed E-state index contributed by atoms with van der Waals surface area (Å²) in [5.41, 5.74) is 1.46. The molecular weight excluding hydrogens is 208 g/mol. The van der Waals surface area contributed by atoms with Crippen LogP contribution in [0.15, 0.2) is 30.3 Å². The molecule has 0 saturated carbocycles. The molecule has 1 N–H and O–H groups in total. The number of hydrogen-bond acceptors (Lipinski definition) is 2. The fourth-order valence-corrected chi connectivity index (χ4v) is 2.63. The van der Waals surface area contributed by atoms with Crippen molar-refractivity contribution in [2.75, 3.05) is 33.2 Å². The minimum Gasteiger partial charge on any atom is -0.319 e. The van der Waals surface area contributed by atoms with Crippen LogP contribution in [-0.4, -0.2) is 38.1 Å². The van der Waals surface area contributed by atoms with Crippen LogP contribution >= 0.6 is 0 Å². The second-order valence-corrected chi connectivity index (χ2v) is 5.08. The van der Waals surface area contributed by atoms with Gasteiger partial charge in [0, 0.05) is 6.54 Å². The van der Waals surface area contributed by atoms with E-state index in [-0.39, 0.29) is 0 Å². The van der Waals surface area contributed by atoms with E-state index in [4.69, 9.17) is 0 Å². The summed E-state index contributed by atoms with van der Waals surface area (Å²) < 4.78 is 0. The van der Waals surface area contributed by atoms with Gasteiger partial charge in [0.1, 0.15) is 0 Å². The molecule has 0 amide bonds. The molecule has 0 aliphatic carbocycles. The highest BCUT2D eigenvalue weighted by atomic mass is 15.1. The Morgan fingerprint density at radius 2 is 1.88 bits per heavy atom. The standard InChI is InChI=1S/C15H24N2/c1-16-13-15-8-11-17(12-9-15)10-7-14-5-3-2-4-6-14/h2-6,15-16H,7-13H2,1H3. The highest BCUT2D eigenvalue weighted by Gasteiger charge is 2.17. The van der Waals surface area contributed by atoms with Gasteiger partial charge in [-0.3, -0.25) is 0 Å². The van der Waals surface area contributed by atoms with Crippen LogP contribution in [0.2, 0.25) is 0 Å². The van der Waals surface area contributed by atoms with Crippen molar-refractivity contribution < 1.29 is 0 Å². The largest absolute Gasteiger partial charge is 0.319 e. The first-order valence-corrected chi connectivity index (χ1v) is 6.79. The Balaban J connectivity index is 1.68. The summed E-state index contributed by atoms with van der Waals surface area (Å²) >= 11 is 0. The van der Waals surface area contributed by atoms with Gasteiger partial charge in [-0.1, -0.05) is 30.3 Å². The Bertz CT molecular complexity index is 302. The minimum atomic E-state index is 0.896. The summed E-state index contributed by atoms with van der Waals surface area (Å²) in [6.07, 6.45) is 3.91. The van der Waals surface area contributed by atoms with Gasteiger partial charge < -0.3 is 10.2 Å². The van der Waals surface area contributed by atoms with Gasteiger partial charge in [-0.25, -0.2) is 0 Å². The van der Waals surface area contributed by atoms with Crippen LogP contribution in [0.4, 0.5) is 0 Å². The fraction of sp³-hybridized carbons (Fsp3) is 0.600. The first-order valence-electron chi connectivity index (χ1n) is 6.79. The quantitative estimate of drug-likeness (QED) is 0.837. The smallest absolute Gasteiger partial charge is 0.00218 e. The highest BCUT2D eigenvalue weighted by Crippen LogP contribution is 2.16. The summed E-state index contributed by atoms with van der Waals surface area (Å²) in [6, 6.07) is 10.8. The minimum absolute atomic E-state index is 0.896. The molecule has 17 heavy (non-hydrogen) atoms. The zero-order valence-corrected chi connectivity index (χ0v) is 10.9. The molecular formula is C15H24N2. The molecule has 2 nitrogen and oxygen atoms in total. The monoisotopic (exact) mass is 232 g/mol. The van der Waals surface area contributed by atoms with E-state index in [9.17, 15) is 0 Å². The molecule has 0 bridgehead atoms. The van der Waals surface area contributed by atoms with Crippen LogP contribution in [0.25, 0.3) is 0 Å². The molecule has 2 rings (SSSR count). The zero-order chi connectivity index (χ0) is 11.9. The average molecular weight is 232 g/mol. The molecule has 1 saturated heterocycles. The van der Waals surface area contributed by atoms with Crippen molar-refractivity contribution in [3.8, 4) is 0 Å². The molecule has 1 fully saturated rings. The lowest BCUT2D eigenvalue weighted by atomic mass is 9.96. The fourth-order valence-electron chi connectivity index (χ4n) is 2.63. The maximum Gasteiger partial charge on any atom is 0.00218 e. The first-order chi connectivity index (χ1) is 8.38. The van der Waals surface area contributed by atoms with Crippen molar-refractivity contribution in [2.45, 2.75) is 19.3 Å². The maximum atomic E-state index is 3.29. The van der Waals surface area contributed by atoms with E-state index in [1.807, 2.05) is 0 Å². The van der Waals surface area contributed by atoms with Crippen LogP contribution in [-0.2, 0) is 6.42 Å². The van der Waals surface area contributed by atoms with E-state index in [1.165, 1.54) is 51.0 Å². The van der Waals surface area contributed by atoms with E-state index in [1.54, 1.807) is 0 Å². The predicted molar refractivity (Wildman–Crippen MR) is 73.2 cm³/mol. The number of likely N-dealkylation sites (tertiary alicyclic amines) is 1. The van der Waals surface area contributed by atoms with Gasteiger partial charge >= 0.3 is 0 Å². The Kier molecular flexibility index (Phi) is 5.02. The Labute approximate surface area is 105 Å². The molecule has 0 radical (unpaired) electrons. The lowest BCUT2D eigenvalue weighted by Gasteiger charge is -2.31. The summed E-state index contributed by atoms with van der Waals surface area (Å²) in [5, 5.41) is 3.29. The Morgan fingerprint density at radius 1 is 1.18 bits per heavy atom. The summed E-state index contributed by atoms with van der Waals surface area (Å²) in [7, 11) is 2.06. The number of benzene rings is 1. The number of hydrogen-bond donors (Lipinski definition) is 1. The SMILES string of the molecule is CNCC1CCN(CCc2ccccc2)CC1. The molecule has 94 valence electrons. The molecule has 1 heterocycles. The van der Waals surface area contributed by atoms with Crippen molar-refractivity contribution in [2.24, 2.45) is 5.92 Å². The van der Waals surface area contributed by atoms with Crippen LogP contribution in [0, 0.1) is 5.92 Å². The van der Waals surface area contributed by atoms with Crippen molar-refractivity contribution in [3.05, 3.63) is 35.9 Å². The summed E-state index contributed by atoms with van der Waals surface area (Å²) in [6.45, 7) is 4.96. The maximum absolute atomic E-state index is 3.29. The van der Waals surface area contributed by atoms with Crippen molar-refractivity contribution in [3.63, 3.8) is 0 Å². The number of rotatable bonds is 5. The van der Waals surface area contributed by atoms with Crippen LogP contribution in [0.5, 0.6) is 0 Å². The van der Waals surface area contributed by atoms with Gasteiger partial charge in [0.05, 0.1) is 0 Å². The van der Waals surface area contributed by atoms with Crippen molar-refractivity contribution in [1.29, 1.82) is 0 Å². The van der Waals surface area contributed by atoms with Crippen LogP contribution in [0.1, 0.15) is 18.4 Å². The first kappa shape index (κ1) is 12.6. The zero-order valence-electron chi connectivity index (χ0n) is 10.9. The third kappa shape index (κ3) is 4.14. The lowest BCUT2D eigenvalue weighted by molar-refractivity contribution is 0.185. The summed E-state index contributed by atoms with van der Waals surface area (Å²) in [4.78, 5) is 2.61. The van der Waals surface area contributed by atoms with E-state index >= 15 is 0 Å². The second kappa shape index (κ2) is 6.77. The predicted octanol–water partition coefficient (Wildman–Crippen LogP) is 2.16. The molecule has 1 aromatic rings. The molecule has 0 aromatic heterocycles. The number of piperidine rings is 1. The van der Waals surface area contributed by atoms with Crippen LogP contribution in [0.3, 0.4) is 0 Å². The van der Waals surface area contributed by atoms with Gasteiger partial charge in [-0.05, 0) is 57.4 Å². The van der Waals surface area contributed by atoms with Gasteiger partial charge in [0.15, 0.2) is 0 Å². The normalized spacial score (nSPS) is 18.4. The lowest BCUT2D eigenvalue weighted by Crippen LogP contribution is -2.37. The van der Waals surface area contributed by atoms with Gasteiger partial charge in [-0.2, -0.15) is 0 Å². The number of nitrogens with zero attached hydrogens (tertiary/aromatic N) is 1. The topological polar surface area (TPSA) is 15.3 Å². The van der Waals surface area contributed by atoms with E-state index in [0.717, 1.165) is 5.92 Å². The molecule has 1 aliphatic rings. The van der Waals surface area contributed by atoms with Crippen molar-refractivity contribution >= 4 is 0 Å². The molecule has 0 atom stereocenters. The molecule has 2 heteroatoms. The molecule has 0 unspecified atom stereocenters. The van der Waals surface area contributed by atoms with E-state index in [0.29, 0.717) is 0 Å². The Hall–Kier alpha value is -0.860. The van der Waals surface area contributed by atoms with Gasteiger partial charge in [-0.15, -0.1) is 0 Å². The van der Waals surface area contributed by atoms with Gasteiger partial charge in [0.2, 0.25) is 0 Å². The third-order valence-electron chi connectivity index (χ3n) is 3.76. The summed E-state index contributed by atoms with van der Waals surface area (Å²) in [5.74, 6) is 0.896. The van der Waals surface area contributed by atoms with Gasteiger partial charge in [0.25, 0.3) is 0 Å². The third-order valence-corrected chi connectivity index (χ3v) is 3.76. The number of nitrogens with one attached hydrogen (secondary N) is 1. The van der Waals surface area contributed by atoms with E-state index in [2.05, 4.69) is 47.6 Å².